The highest BCUT2D eigenvalue weighted by Gasteiger charge is 2.10. The van der Waals surface area contributed by atoms with Crippen molar-refractivity contribution in [2.75, 3.05) is 14.1 Å². The number of carbonyl (C=O) groups excluding carboxylic acids is 1. The lowest BCUT2D eigenvalue weighted by molar-refractivity contribution is -0.129. The fourth-order valence-corrected chi connectivity index (χ4v) is 2.02. The van der Waals surface area contributed by atoms with Crippen LogP contribution in [0.5, 0.6) is 0 Å². The molecule has 0 fully saturated rings. The van der Waals surface area contributed by atoms with Gasteiger partial charge in [-0.25, -0.2) is 0 Å². The zero-order valence-corrected chi connectivity index (χ0v) is 11.0. The van der Waals surface area contributed by atoms with Crippen molar-refractivity contribution in [1.82, 2.24) is 14.5 Å². The predicted octanol–water partition coefficient (Wildman–Crippen LogP) is 2.10. The molecule has 0 unspecified atom stereocenters. The van der Waals surface area contributed by atoms with Gasteiger partial charge >= 0.3 is 0 Å². The van der Waals surface area contributed by atoms with Gasteiger partial charge in [0.15, 0.2) is 4.77 Å². The van der Waals surface area contributed by atoms with Crippen molar-refractivity contribution in [3.63, 3.8) is 0 Å². The van der Waals surface area contributed by atoms with E-state index in [2.05, 4.69) is 4.98 Å². The van der Waals surface area contributed by atoms with Crippen LogP contribution < -0.4 is 0 Å². The van der Waals surface area contributed by atoms with Gasteiger partial charge in [0.05, 0.1) is 11.0 Å². The summed E-state index contributed by atoms with van der Waals surface area (Å²) in [5.74, 6) is 0.0310. The van der Waals surface area contributed by atoms with Gasteiger partial charge in [-0.15, -0.1) is 0 Å². The van der Waals surface area contributed by atoms with E-state index >= 15 is 0 Å². The molecule has 0 aliphatic heterocycles. The van der Waals surface area contributed by atoms with Crippen LogP contribution in [-0.4, -0.2) is 34.5 Å². The molecule has 1 heterocycles. The first-order chi connectivity index (χ1) is 8.00. The first-order valence-corrected chi connectivity index (χ1v) is 5.80. The molecule has 0 aliphatic rings. The summed E-state index contributed by atoms with van der Waals surface area (Å²) in [4.78, 5) is 16.4. The van der Waals surface area contributed by atoms with Crippen molar-refractivity contribution in [3.05, 3.63) is 28.5 Å². The molecule has 0 saturated carbocycles. The number of hydrogen-bond acceptors (Lipinski definition) is 2. The number of benzene rings is 1. The number of rotatable bonds is 2. The molecule has 1 amide bonds. The number of amides is 1. The number of aromatic nitrogens is 2. The number of hydrogen-bond donors (Lipinski definition) is 1. The van der Waals surface area contributed by atoms with E-state index < -0.39 is 0 Å². The van der Waals surface area contributed by atoms with Gasteiger partial charge in [-0.3, -0.25) is 4.79 Å². The molecule has 5 heteroatoms. The van der Waals surface area contributed by atoms with Crippen molar-refractivity contribution < 1.29 is 4.79 Å². The molecule has 1 aromatic heterocycles. The van der Waals surface area contributed by atoms with Gasteiger partial charge in [0, 0.05) is 14.1 Å². The molecule has 0 bridgehead atoms. The van der Waals surface area contributed by atoms with Gasteiger partial charge in [0.2, 0.25) is 5.91 Å². The third-order valence-electron chi connectivity index (χ3n) is 2.81. The van der Waals surface area contributed by atoms with Crippen LogP contribution in [0.1, 0.15) is 5.56 Å². The van der Waals surface area contributed by atoms with Crippen molar-refractivity contribution in [2.24, 2.45) is 0 Å². The van der Waals surface area contributed by atoms with Gasteiger partial charge < -0.3 is 14.5 Å². The summed E-state index contributed by atoms with van der Waals surface area (Å²) >= 11 is 5.25. The fourth-order valence-electron chi connectivity index (χ4n) is 1.76. The normalized spacial score (nSPS) is 10.8. The molecule has 4 nitrogen and oxygen atoms in total. The van der Waals surface area contributed by atoms with Gasteiger partial charge in [-0.05, 0) is 30.8 Å². The Balaban J connectivity index is 2.55. The molecule has 2 rings (SSSR count). The van der Waals surface area contributed by atoms with Crippen LogP contribution in [0.15, 0.2) is 18.2 Å². The molecule has 17 heavy (non-hydrogen) atoms. The van der Waals surface area contributed by atoms with E-state index in [-0.39, 0.29) is 12.5 Å². The smallest absolute Gasteiger partial charge is 0.242 e. The summed E-state index contributed by atoms with van der Waals surface area (Å²) in [6.45, 7) is 2.29. The van der Waals surface area contributed by atoms with E-state index in [1.54, 1.807) is 19.0 Å². The zero-order chi connectivity index (χ0) is 12.6. The van der Waals surface area contributed by atoms with Crippen molar-refractivity contribution in [2.45, 2.75) is 13.5 Å². The SMILES string of the molecule is Cc1cccc2c1[nH]c(=S)n2CC(=O)N(C)C. The summed E-state index contributed by atoms with van der Waals surface area (Å²) in [5.41, 5.74) is 3.11. The summed E-state index contributed by atoms with van der Waals surface area (Å²) in [7, 11) is 3.48. The number of likely N-dealkylation sites (N-methyl/N-ethyl adjacent to an activating group) is 1. The lowest BCUT2D eigenvalue weighted by atomic mass is 10.2. The Labute approximate surface area is 105 Å². The second kappa shape index (κ2) is 4.33. The molecular weight excluding hydrogens is 234 g/mol. The number of aromatic amines is 1. The molecule has 0 atom stereocenters. The Hall–Kier alpha value is -1.62. The summed E-state index contributed by atoms with van der Waals surface area (Å²) in [6.07, 6.45) is 0. The topological polar surface area (TPSA) is 41.0 Å². The number of carbonyl (C=O) groups is 1. The number of para-hydroxylation sites is 1. The number of imidazole rings is 1. The monoisotopic (exact) mass is 249 g/mol. The lowest BCUT2D eigenvalue weighted by Gasteiger charge is -2.11. The number of H-pyrrole nitrogens is 1. The van der Waals surface area contributed by atoms with Crippen LogP contribution in [0.25, 0.3) is 11.0 Å². The Kier molecular flexibility index (Phi) is 3.02. The van der Waals surface area contributed by atoms with Crippen molar-refractivity contribution in [1.29, 1.82) is 0 Å². The van der Waals surface area contributed by atoms with E-state index in [0.29, 0.717) is 4.77 Å². The van der Waals surface area contributed by atoms with E-state index in [4.69, 9.17) is 12.2 Å². The molecule has 90 valence electrons. The minimum Gasteiger partial charge on any atom is -0.347 e. The Morgan fingerprint density at radius 1 is 1.47 bits per heavy atom. The van der Waals surface area contributed by atoms with Crippen molar-refractivity contribution in [3.8, 4) is 0 Å². The highest BCUT2D eigenvalue weighted by Crippen LogP contribution is 2.17. The molecule has 0 radical (unpaired) electrons. The zero-order valence-electron chi connectivity index (χ0n) is 10.2. The largest absolute Gasteiger partial charge is 0.347 e. The fraction of sp³-hybridized carbons (Fsp3) is 0.333. The average molecular weight is 249 g/mol. The maximum atomic E-state index is 11.7. The highest BCUT2D eigenvalue weighted by molar-refractivity contribution is 7.71. The first kappa shape index (κ1) is 11.9. The first-order valence-electron chi connectivity index (χ1n) is 5.39. The average Bonchev–Trinajstić information content (AvgIpc) is 2.58. The number of nitrogens with zero attached hydrogens (tertiary/aromatic N) is 2. The molecule has 1 N–H and O–H groups in total. The standard InChI is InChI=1S/C12H15N3OS/c1-8-5-4-6-9-11(8)13-12(17)15(9)7-10(16)14(2)3/h4-6H,7H2,1-3H3,(H,13,17). The Morgan fingerprint density at radius 2 is 2.18 bits per heavy atom. The number of aryl methyl sites for hydroxylation is 1. The quantitative estimate of drug-likeness (QED) is 0.828. The van der Waals surface area contributed by atoms with E-state index in [1.165, 1.54) is 0 Å². The minimum absolute atomic E-state index is 0.0310. The van der Waals surface area contributed by atoms with Crippen LogP contribution in [-0.2, 0) is 11.3 Å². The van der Waals surface area contributed by atoms with Gasteiger partial charge in [0.1, 0.15) is 6.54 Å². The van der Waals surface area contributed by atoms with E-state index in [1.807, 2.05) is 29.7 Å². The van der Waals surface area contributed by atoms with Crippen LogP contribution in [0.2, 0.25) is 0 Å². The van der Waals surface area contributed by atoms with Crippen LogP contribution in [0.3, 0.4) is 0 Å². The highest BCUT2D eigenvalue weighted by atomic mass is 32.1. The second-order valence-corrected chi connectivity index (χ2v) is 4.66. The van der Waals surface area contributed by atoms with Crippen LogP contribution in [0, 0.1) is 11.7 Å². The lowest BCUT2D eigenvalue weighted by Crippen LogP contribution is -2.26. The number of fused-ring (bicyclic) bond motifs is 1. The maximum Gasteiger partial charge on any atom is 0.242 e. The summed E-state index contributed by atoms with van der Waals surface area (Å²) in [5, 5.41) is 0. The van der Waals surface area contributed by atoms with Gasteiger partial charge in [-0.2, -0.15) is 0 Å². The van der Waals surface area contributed by atoms with E-state index in [0.717, 1.165) is 16.6 Å². The van der Waals surface area contributed by atoms with Gasteiger partial charge in [-0.1, -0.05) is 12.1 Å². The molecule has 0 aliphatic carbocycles. The Bertz CT molecular complexity index is 624. The van der Waals surface area contributed by atoms with Gasteiger partial charge in [0.25, 0.3) is 0 Å². The number of nitrogens with one attached hydrogen (secondary N) is 1. The molecule has 1 aromatic carbocycles. The van der Waals surface area contributed by atoms with Crippen molar-refractivity contribution >= 4 is 29.2 Å². The predicted molar refractivity (Wildman–Crippen MR) is 70.6 cm³/mol. The van der Waals surface area contributed by atoms with Crippen LogP contribution >= 0.6 is 12.2 Å². The molecular formula is C12H15N3OS. The summed E-state index contributed by atoms with van der Waals surface area (Å²) in [6, 6.07) is 5.96. The third kappa shape index (κ3) is 2.10. The Morgan fingerprint density at radius 3 is 2.82 bits per heavy atom. The maximum absolute atomic E-state index is 11.7. The minimum atomic E-state index is 0.0310. The molecule has 2 aromatic rings. The van der Waals surface area contributed by atoms with E-state index in [9.17, 15) is 4.79 Å². The molecule has 0 spiro atoms. The third-order valence-corrected chi connectivity index (χ3v) is 3.13. The second-order valence-electron chi connectivity index (χ2n) is 4.27. The summed E-state index contributed by atoms with van der Waals surface area (Å²) < 4.78 is 2.42. The molecule has 0 saturated heterocycles. The van der Waals surface area contributed by atoms with Crippen LogP contribution in [0.4, 0.5) is 0 Å².